The van der Waals surface area contributed by atoms with Gasteiger partial charge >= 0.3 is 12.6 Å². The standard InChI is InChI=1S/C17H17ClF2N2O2/c1-11(14-4-2-3-5-15(14)18)22-17(23)21-10-12-6-8-13(9-7-12)24-16(19)20/h2-9,11,16H,10H2,1H3,(H2,21,22,23). The predicted octanol–water partition coefficient (Wildman–Crippen LogP) is 4.50. The summed E-state index contributed by atoms with van der Waals surface area (Å²) < 4.78 is 28.4. The minimum atomic E-state index is -2.86. The quantitative estimate of drug-likeness (QED) is 0.802. The maximum absolute atomic E-state index is 12.1. The van der Waals surface area contributed by atoms with Gasteiger partial charge in [0, 0.05) is 11.6 Å². The molecule has 0 aliphatic heterocycles. The molecular formula is C17H17ClF2N2O2. The van der Waals surface area contributed by atoms with Gasteiger partial charge in [0.15, 0.2) is 0 Å². The van der Waals surface area contributed by atoms with Crippen LogP contribution in [0.1, 0.15) is 24.1 Å². The van der Waals surface area contributed by atoms with Crippen molar-refractivity contribution in [2.75, 3.05) is 0 Å². The van der Waals surface area contributed by atoms with E-state index in [1.54, 1.807) is 18.2 Å². The van der Waals surface area contributed by atoms with Gasteiger partial charge in [-0.3, -0.25) is 0 Å². The van der Waals surface area contributed by atoms with Gasteiger partial charge in [-0.05, 0) is 36.2 Å². The number of urea groups is 1. The second-order valence-corrected chi connectivity index (χ2v) is 5.50. The van der Waals surface area contributed by atoms with Gasteiger partial charge in [-0.2, -0.15) is 8.78 Å². The van der Waals surface area contributed by atoms with Crippen molar-refractivity contribution in [1.82, 2.24) is 10.6 Å². The lowest BCUT2D eigenvalue weighted by molar-refractivity contribution is -0.0498. The topological polar surface area (TPSA) is 50.4 Å². The van der Waals surface area contributed by atoms with Crippen molar-refractivity contribution in [2.24, 2.45) is 0 Å². The van der Waals surface area contributed by atoms with E-state index in [4.69, 9.17) is 11.6 Å². The number of ether oxygens (including phenoxy) is 1. The van der Waals surface area contributed by atoms with E-state index in [0.29, 0.717) is 5.02 Å². The van der Waals surface area contributed by atoms with Crippen LogP contribution >= 0.6 is 11.6 Å². The van der Waals surface area contributed by atoms with Crippen LogP contribution in [0.5, 0.6) is 5.75 Å². The van der Waals surface area contributed by atoms with Crippen molar-refractivity contribution in [3.05, 3.63) is 64.7 Å². The molecule has 2 N–H and O–H groups in total. The molecule has 2 aromatic carbocycles. The van der Waals surface area contributed by atoms with E-state index >= 15 is 0 Å². The van der Waals surface area contributed by atoms with E-state index in [9.17, 15) is 13.6 Å². The van der Waals surface area contributed by atoms with Crippen LogP contribution in [0.15, 0.2) is 48.5 Å². The minimum absolute atomic E-state index is 0.0746. The van der Waals surface area contributed by atoms with E-state index in [1.807, 2.05) is 25.1 Å². The van der Waals surface area contributed by atoms with E-state index < -0.39 is 6.61 Å². The molecule has 0 aromatic heterocycles. The summed E-state index contributed by atoms with van der Waals surface area (Å²) in [6.45, 7) is -0.765. The first kappa shape index (κ1) is 18.0. The summed E-state index contributed by atoms with van der Waals surface area (Å²) in [6, 6.07) is 12.7. The third-order valence-electron chi connectivity index (χ3n) is 3.32. The number of hydrogen-bond donors (Lipinski definition) is 2. The summed E-state index contributed by atoms with van der Waals surface area (Å²) in [6.07, 6.45) is 0. The number of rotatable bonds is 6. The van der Waals surface area contributed by atoms with E-state index in [-0.39, 0.29) is 24.4 Å². The molecule has 0 spiro atoms. The Hall–Kier alpha value is -2.34. The number of carbonyl (C=O) groups is 1. The molecule has 128 valence electrons. The van der Waals surface area contributed by atoms with E-state index in [0.717, 1.165) is 11.1 Å². The highest BCUT2D eigenvalue weighted by Crippen LogP contribution is 2.22. The van der Waals surface area contributed by atoms with Gasteiger partial charge in [0.25, 0.3) is 0 Å². The van der Waals surface area contributed by atoms with Crippen LogP contribution in [-0.2, 0) is 6.54 Å². The molecule has 7 heteroatoms. The fourth-order valence-electron chi connectivity index (χ4n) is 2.12. The molecule has 0 radical (unpaired) electrons. The number of benzene rings is 2. The van der Waals surface area contributed by atoms with Crippen molar-refractivity contribution in [2.45, 2.75) is 26.1 Å². The van der Waals surface area contributed by atoms with Crippen molar-refractivity contribution in [1.29, 1.82) is 0 Å². The maximum atomic E-state index is 12.1. The molecule has 4 nitrogen and oxygen atoms in total. The Kier molecular flexibility index (Phi) is 6.37. The fourth-order valence-corrected chi connectivity index (χ4v) is 2.42. The SMILES string of the molecule is CC(NC(=O)NCc1ccc(OC(F)F)cc1)c1ccccc1Cl. The highest BCUT2D eigenvalue weighted by atomic mass is 35.5. The molecule has 0 aliphatic carbocycles. The first-order chi connectivity index (χ1) is 11.5. The Morgan fingerprint density at radius 3 is 2.46 bits per heavy atom. The van der Waals surface area contributed by atoms with Crippen LogP contribution in [0.3, 0.4) is 0 Å². The van der Waals surface area contributed by atoms with Crippen LogP contribution in [0.4, 0.5) is 13.6 Å². The summed E-state index contributed by atoms with van der Waals surface area (Å²) >= 11 is 6.09. The van der Waals surface area contributed by atoms with Gasteiger partial charge in [-0.15, -0.1) is 0 Å². The molecule has 0 saturated heterocycles. The summed E-state index contributed by atoms with van der Waals surface area (Å²) in [5, 5.41) is 6.07. The van der Waals surface area contributed by atoms with Gasteiger partial charge in [0.1, 0.15) is 5.75 Å². The largest absolute Gasteiger partial charge is 0.435 e. The Morgan fingerprint density at radius 2 is 1.83 bits per heavy atom. The Labute approximate surface area is 143 Å². The molecule has 2 amide bonds. The molecule has 1 unspecified atom stereocenters. The fraction of sp³-hybridized carbons (Fsp3) is 0.235. The van der Waals surface area contributed by atoms with Crippen LogP contribution < -0.4 is 15.4 Å². The van der Waals surface area contributed by atoms with Crippen molar-refractivity contribution in [3.8, 4) is 5.75 Å². The second-order valence-electron chi connectivity index (χ2n) is 5.09. The van der Waals surface area contributed by atoms with Gasteiger partial charge in [-0.1, -0.05) is 41.9 Å². The Morgan fingerprint density at radius 1 is 1.17 bits per heavy atom. The number of carbonyl (C=O) groups excluding carboxylic acids is 1. The number of alkyl halides is 2. The van der Waals surface area contributed by atoms with Crippen LogP contribution in [0.2, 0.25) is 5.02 Å². The first-order valence-corrected chi connectivity index (χ1v) is 7.66. The average Bonchev–Trinajstić information content (AvgIpc) is 2.54. The molecule has 0 heterocycles. The van der Waals surface area contributed by atoms with Crippen LogP contribution in [0.25, 0.3) is 0 Å². The number of halogens is 3. The lowest BCUT2D eigenvalue weighted by Crippen LogP contribution is -2.36. The number of amides is 2. The van der Waals surface area contributed by atoms with Crippen molar-refractivity contribution >= 4 is 17.6 Å². The molecule has 24 heavy (non-hydrogen) atoms. The third-order valence-corrected chi connectivity index (χ3v) is 3.67. The molecule has 0 fully saturated rings. The number of hydrogen-bond acceptors (Lipinski definition) is 2. The van der Waals surface area contributed by atoms with Crippen LogP contribution in [-0.4, -0.2) is 12.6 Å². The molecule has 0 aliphatic rings. The summed E-state index contributed by atoms with van der Waals surface area (Å²) in [5.74, 6) is 0.0746. The molecule has 0 bridgehead atoms. The Bertz CT molecular complexity index is 681. The average molecular weight is 355 g/mol. The molecule has 2 rings (SSSR count). The maximum Gasteiger partial charge on any atom is 0.387 e. The lowest BCUT2D eigenvalue weighted by Gasteiger charge is -2.16. The summed E-state index contributed by atoms with van der Waals surface area (Å²) in [4.78, 5) is 11.9. The molecule has 0 saturated carbocycles. The zero-order valence-electron chi connectivity index (χ0n) is 12.9. The van der Waals surface area contributed by atoms with Crippen molar-refractivity contribution in [3.63, 3.8) is 0 Å². The van der Waals surface area contributed by atoms with Crippen molar-refractivity contribution < 1.29 is 18.3 Å². The van der Waals surface area contributed by atoms with Crippen LogP contribution in [0, 0.1) is 0 Å². The summed E-state index contributed by atoms with van der Waals surface area (Å²) in [7, 11) is 0. The Balaban J connectivity index is 1.83. The minimum Gasteiger partial charge on any atom is -0.435 e. The second kappa shape index (κ2) is 8.49. The lowest BCUT2D eigenvalue weighted by atomic mass is 10.1. The molecule has 2 aromatic rings. The predicted molar refractivity (Wildman–Crippen MR) is 88.3 cm³/mol. The normalized spacial score (nSPS) is 11.9. The smallest absolute Gasteiger partial charge is 0.387 e. The van der Waals surface area contributed by atoms with E-state index in [2.05, 4.69) is 15.4 Å². The van der Waals surface area contributed by atoms with Gasteiger partial charge < -0.3 is 15.4 Å². The molecule has 1 atom stereocenters. The summed E-state index contributed by atoms with van der Waals surface area (Å²) in [5.41, 5.74) is 1.58. The zero-order chi connectivity index (χ0) is 17.5. The molecular weight excluding hydrogens is 338 g/mol. The van der Waals surface area contributed by atoms with E-state index in [1.165, 1.54) is 12.1 Å². The third kappa shape index (κ3) is 5.38. The van der Waals surface area contributed by atoms with Gasteiger partial charge in [-0.25, -0.2) is 4.79 Å². The number of nitrogens with one attached hydrogen (secondary N) is 2. The highest BCUT2D eigenvalue weighted by Gasteiger charge is 2.12. The van der Waals surface area contributed by atoms with Gasteiger partial charge in [0.05, 0.1) is 6.04 Å². The zero-order valence-corrected chi connectivity index (χ0v) is 13.7. The van der Waals surface area contributed by atoms with Gasteiger partial charge in [0.2, 0.25) is 0 Å². The first-order valence-electron chi connectivity index (χ1n) is 7.28. The monoisotopic (exact) mass is 354 g/mol. The highest BCUT2D eigenvalue weighted by molar-refractivity contribution is 6.31.